The lowest BCUT2D eigenvalue weighted by Gasteiger charge is -2.36. The molecule has 0 aromatic heterocycles. The zero-order valence-electron chi connectivity index (χ0n) is 22.3. The molecule has 1 heterocycles. The van der Waals surface area contributed by atoms with Crippen LogP contribution < -0.4 is 4.90 Å². The molecule has 0 spiro atoms. The van der Waals surface area contributed by atoms with Gasteiger partial charge in [-0.05, 0) is 72.7 Å². The summed E-state index contributed by atoms with van der Waals surface area (Å²) >= 11 is 6.32. The molecule has 0 unspecified atom stereocenters. The number of imide groups is 1. The Labute approximate surface area is 234 Å². The average Bonchev–Trinajstić information content (AvgIpc) is 3.17. The Morgan fingerprint density at radius 1 is 1.15 bits per heavy atom. The molecule has 4 atom stereocenters. The minimum atomic E-state index is -0.919. The standard InChI is InChI=1S/C31H36ClNO6/c1-3-7-19(14-20-11-12-23(35)16-26(20)32)10-13-27(36)28-21(18-39-2)15-24-29(25(28)17-34)31(38)33(30(24)37)22-8-5-4-6-9-22/h4-6,8-9,11-12,14,16,24-25,27,29,34-36H,3,7,10,13,15,17-18H2,1-2H3/b19-14+/t24-,25+,27-,29-/m1/s1. The third-order valence-electron chi connectivity index (χ3n) is 7.73. The van der Waals surface area contributed by atoms with Crippen molar-refractivity contribution in [3.63, 3.8) is 0 Å². The van der Waals surface area contributed by atoms with Gasteiger partial charge in [0.15, 0.2) is 0 Å². The van der Waals surface area contributed by atoms with Crippen LogP contribution in [0.3, 0.4) is 0 Å². The maximum Gasteiger partial charge on any atom is 0.238 e. The number of amides is 2. The Balaban J connectivity index is 1.60. The highest BCUT2D eigenvalue weighted by Crippen LogP contribution is 2.47. The number of benzene rings is 2. The number of halogens is 1. The lowest BCUT2D eigenvalue weighted by atomic mass is 9.68. The molecule has 1 saturated heterocycles. The number of para-hydroxylation sites is 1. The van der Waals surface area contributed by atoms with E-state index in [0.717, 1.165) is 29.6 Å². The van der Waals surface area contributed by atoms with E-state index >= 15 is 0 Å². The molecule has 1 fully saturated rings. The van der Waals surface area contributed by atoms with Crippen molar-refractivity contribution in [3.05, 3.63) is 75.8 Å². The SMILES string of the molecule is CCC/C(=C\c1ccc(O)cc1Cl)CC[C@@H](O)C1=C(COC)C[C@H]2C(=O)N(c3ccccc3)C(=O)[C@H]2[C@H]1CO. The summed E-state index contributed by atoms with van der Waals surface area (Å²) in [6.45, 7) is 1.93. The Morgan fingerprint density at radius 3 is 2.54 bits per heavy atom. The van der Waals surface area contributed by atoms with Crippen molar-refractivity contribution in [2.24, 2.45) is 17.8 Å². The first-order chi connectivity index (χ1) is 18.8. The average molecular weight is 554 g/mol. The van der Waals surface area contributed by atoms with Gasteiger partial charge in [0.05, 0.1) is 41.9 Å². The highest BCUT2D eigenvalue weighted by molar-refractivity contribution is 6.32. The lowest BCUT2D eigenvalue weighted by Crippen LogP contribution is -2.39. The number of phenolic OH excluding ortho intramolecular Hbond substituents is 1. The number of anilines is 1. The maximum absolute atomic E-state index is 13.6. The highest BCUT2D eigenvalue weighted by atomic mass is 35.5. The second-order valence-electron chi connectivity index (χ2n) is 10.3. The number of nitrogens with zero attached hydrogens (tertiary/aromatic N) is 1. The molecule has 2 amide bonds. The summed E-state index contributed by atoms with van der Waals surface area (Å²) in [7, 11) is 1.55. The van der Waals surface area contributed by atoms with Crippen LogP contribution in [0.25, 0.3) is 6.08 Å². The van der Waals surface area contributed by atoms with Crippen LogP contribution in [0.4, 0.5) is 5.69 Å². The van der Waals surface area contributed by atoms with Crippen molar-refractivity contribution in [1.29, 1.82) is 0 Å². The van der Waals surface area contributed by atoms with Gasteiger partial charge >= 0.3 is 0 Å². The predicted molar refractivity (Wildman–Crippen MR) is 151 cm³/mol. The summed E-state index contributed by atoms with van der Waals surface area (Å²) in [5.74, 6) is -2.56. The van der Waals surface area contributed by atoms with Gasteiger partial charge in [-0.25, -0.2) is 0 Å². The number of carbonyl (C=O) groups excluding carboxylic acids is 2. The van der Waals surface area contributed by atoms with Gasteiger partial charge in [0.2, 0.25) is 11.8 Å². The molecule has 1 aliphatic carbocycles. The summed E-state index contributed by atoms with van der Waals surface area (Å²) < 4.78 is 5.44. The molecular weight excluding hydrogens is 518 g/mol. The number of phenols is 1. The highest BCUT2D eigenvalue weighted by Gasteiger charge is 2.55. The van der Waals surface area contributed by atoms with Crippen molar-refractivity contribution in [1.82, 2.24) is 0 Å². The molecule has 4 rings (SSSR count). The number of ether oxygens (including phenoxy) is 1. The van der Waals surface area contributed by atoms with E-state index in [2.05, 4.69) is 6.92 Å². The minimum Gasteiger partial charge on any atom is -0.508 e. The summed E-state index contributed by atoms with van der Waals surface area (Å²) in [5.41, 5.74) is 3.77. The number of methoxy groups -OCH3 is 1. The molecule has 2 aliphatic rings. The lowest BCUT2D eigenvalue weighted by molar-refractivity contribution is -0.123. The number of rotatable bonds is 11. The fourth-order valence-electron chi connectivity index (χ4n) is 6.02. The molecule has 1 aliphatic heterocycles. The van der Waals surface area contributed by atoms with Gasteiger partial charge in [-0.15, -0.1) is 0 Å². The Hall–Kier alpha value is -2.97. The van der Waals surface area contributed by atoms with Crippen LogP contribution in [0.5, 0.6) is 5.75 Å². The molecular formula is C31H36ClNO6. The molecule has 39 heavy (non-hydrogen) atoms. The molecule has 8 heteroatoms. The number of aliphatic hydroxyl groups excluding tert-OH is 2. The first-order valence-corrected chi connectivity index (χ1v) is 13.8. The Morgan fingerprint density at radius 2 is 1.90 bits per heavy atom. The van der Waals surface area contributed by atoms with Crippen LogP contribution in [0.2, 0.25) is 5.02 Å². The molecule has 7 nitrogen and oxygen atoms in total. The van der Waals surface area contributed by atoms with Gasteiger partial charge in [-0.2, -0.15) is 0 Å². The molecule has 2 aromatic rings. The topological polar surface area (TPSA) is 107 Å². The van der Waals surface area contributed by atoms with Crippen LogP contribution in [0, 0.1) is 17.8 Å². The van der Waals surface area contributed by atoms with Crippen molar-refractivity contribution >= 4 is 35.2 Å². The zero-order chi connectivity index (χ0) is 28.1. The second kappa shape index (κ2) is 12.9. The zero-order valence-corrected chi connectivity index (χ0v) is 23.1. The van der Waals surface area contributed by atoms with E-state index in [1.54, 1.807) is 43.5 Å². The molecule has 0 radical (unpaired) electrons. The summed E-state index contributed by atoms with van der Waals surface area (Å²) in [4.78, 5) is 28.2. The van der Waals surface area contributed by atoms with Gasteiger partial charge in [-0.3, -0.25) is 14.5 Å². The van der Waals surface area contributed by atoms with E-state index in [0.29, 0.717) is 35.5 Å². The van der Waals surface area contributed by atoms with Crippen molar-refractivity contribution in [2.45, 2.75) is 45.1 Å². The Kier molecular flexibility index (Phi) is 9.62. The summed E-state index contributed by atoms with van der Waals surface area (Å²) in [6, 6.07) is 13.7. The fraction of sp³-hybridized carbons (Fsp3) is 0.419. The third kappa shape index (κ3) is 6.12. The molecule has 3 N–H and O–H groups in total. The Bertz CT molecular complexity index is 1260. The van der Waals surface area contributed by atoms with Gasteiger partial charge < -0.3 is 20.1 Å². The van der Waals surface area contributed by atoms with Crippen LogP contribution in [0.1, 0.15) is 44.6 Å². The second-order valence-corrected chi connectivity index (χ2v) is 10.7. The minimum absolute atomic E-state index is 0.0960. The van der Waals surface area contributed by atoms with E-state index in [-0.39, 0.29) is 30.8 Å². The first kappa shape index (κ1) is 29.0. The van der Waals surface area contributed by atoms with Crippen molar-refractivity contribution in [2.75, 3.05) is 25.2 Å². The smallest absolute Gasteiger partial charge is 0.238 e. The van der Waals surface area contributed by atoms with Crippen LogP contribution >= 0.6 is 11.6 Å². The molecule has 0 bridgehead atoms. The van der Waals surface area contributed by atoms with E-state index < -0.39 is 23.9 Å². The van der Waals surface area contributed by atoms with E-state index in [9.17, 15) is 24.9 Å². The largest absolute Gasteiger partial charge is 0.508 e. The normalized spacial score (nSPS) is 22.4. The number of aromatic hydroxyl groups is 1. The van der Waals surface area contributed by atoms with Crippen LogP contribution in [0.15, 0.2) is 65.3 Å². The summed E-state index contributed by atoms with van der Waals surface area (Å²) in [6.07, 6.45) is 4.03. The maximum atomic E-state index is 13.6. The number of allylic oxidation sites excluding steroid dienone is 1. The van der Waals surface area contributed by atoms with Crippen LogP contribution in [-0.2, 0) is 14.3 Å². The van der Waals surface area contributed by atoms with E-state index in [1.807, 2.05) is 12.1 Å². The van der Waals surface area contributed by atoms with Gasteiger partial charge in [-0.1, -0.05) is 54.8 Å². The van der Waals surface area contributed by atoms with Crippen molar-refractivity contribution in [3.8, 4) is 5.75 Å². The van der Waals surface area contributed by atoms with Crippen LogP contribution in [-0.4, -0.2) is 53.6 Å². The summed E-state index contributed by atoms with van der Waals surface area (Å²) in [5, 5.41) is 32.1. The van der Waals surface area contributed by atoms with E-state index in [1.165, 1.54) is 11.0 Å². The number of aliphatic hydroxyl groups is 2. The molecule has 208 valence electrons. The third-order valence-corrected chi connectivity index (χ3v) is 8.05. The van der Waals surface area contributed by atoms with E-state index in [4.69, 9.17) is 16.3 Å². The number of carbonyl (C=O) groups is 2. The predicted octanol–water partition coefficient (Wildman–Crippen LogP) is 5.13. The quantitative estimate of drug-likeness (QED) is 0.263. The number of hydrogen-bond acceptors (Lipinski definition) is 6. The van der Waals surface area contributed by atoms with Gasteiger partial charge in [0, 0.05) is 13.0 Å². The fourth-order valence-corrected chi connectivity index (χ4v) is 6.25. The van der Waals surface area contributed by atoms with Gasteiger partial charge in [0.1, 0.15) is 5.75 Å². The van der Waals surface area contributed by atoms with Gasteiger partial charge in [0.25, 0.3) is 0 Å². The molecule has 0 saturated carbocycles. The first-order valence-electron chi connectivity index (χ1n) is 13.4. The molecule has 2 aromatic carbocycles. The monoisotopic (exact) mass is 553 g/mol. The van der Waals surface area contributed by atoms with Crippen molar-refractivity contribution < 1.29 is 29.6 Å². The number of fused-ring (bicyclic) bond motifs is 1. The number of hydrogen-bond donors (Lipinski definition) is 3.